The molecule has 0 aliphatic heterocycles. The molecule has 0 aromatic heterocycles. The highest BCUT2D eigenvalue weighted by Gasteiger charge is 2.30. The third-order valence-corrected chi connectivity index (χ3v) is 5.30. The van der Waals surface area contributed by atoms with Crippen LogP contribution in [0.2, 0.25) is 0 Å². The lowest BCUT2D eigenvalue weighted by Crippen LogP contribution is -2.39. The Kier molecular flexibility index (Phi) is 12.5. The zero-order chi connectivity index (χ0) is 27.8. The van der Waals surface area contributed by atoms with Crippen LogP contribution in [-0.4, -0.2) is 60.8 Å². The second-order valence-corrected chi connectivity index (χ2v) is 8.85. The van der Waals surface area contributed by atoms with Crippen LogP contribution in [0, 0.1) is 0 Å². The third kappa shape index (κ3) is 12.6. The van der Waals surface area contributed by atoms with E-state index in [1.165, 1.54) is 26.2 Å². The topological polar surface area (TPSA) is 131 Å². The Labute approximate surface area is 222 Å². The summed E-state index contributed by atoms with van der Waals surface area (Å²) in [6.45, 7) is 1.48. The molecule has 2 amide bonds. The Balaban J connectivity index is 1.93. The number of amides is 2. The summed E-state index contributed by atoms with van der Waals surface area (Å²) in [5.74, 6) is -2.13. The van der Waals surface area contributed by atoms with Crippen molar-refractivity contribution in [1.82, 2.24) is 10.6 Å². The molecule has 202 valence electrons. The van der Waals surface area contributed by atoms with Gasteiger partial charge in [0.2, 0.25) is 11.8 Å². The summed E-state index contributed by atoms with van der Waals surface area (Å²) >= 11 is 0. The van der Waals surface area contributed by atoms with Gasteiger partial charge in [0.15, 0.2) is 0 Å². The number of carbonyl (C=O) groups excluding carboxylic acids is 4. The molecule has 2 aromatic rings. The van der Waals surface area contributed by atoms with Gasteiger partial charge >= 0.3 is 11.9 Å². The normalized spacial score (nSPS) is 13.4. The van der Waals surface area contributed by atoms with Crippen molar-refractivity contribution in [2.24, 2.45) is 0 Å². The SMILES string of the molecule is COC(=O)C[C@](C)(O)CC(=O)O[C@H](CCNC(=O)/C=C/c1ccccc1)CNC(=O)/C=C/c1ccccc1. The zero-order valence-electron chi connectivity index (χ0n) is 21.6. The molecule has 0 aliphatic rings. The van der Waals surface area contributed by atoms with Gasteiger partial charge in [-0.2, -0.15) is 0 Å². The van der Waals surface area contributed by atoms with Crippen LogP contribution in [0.5, 0.6) is 0 Å². The van der Waals surface area contributed by atoms with Crippen LogP contribution in [0.25, 0.3) is 12.2 Å². The van der Waals surface area contributed by atoms with Gasteiger partial charge in [-0.25, -0.2) is 0 Å². The number of hydrogen-bond donors (Lipinski definition) is 3. The molecule has 0 fully saturated rings. The number of aliphatic hydroxyl groups is 1. The van der Waals surface area contributed by atoms with E-state index in [1.807, 2.05) is 60.7 Å². The van der Waals surface area contributed by atoms with Gasteiger partial charge in [-0.05, 0) is 30.2 Å². The molecule has 0 bridgehead atoms. The average Bonchev–Trinajstić information content (AvgIpc) is 2.89. The molecule has 0 radical (unpaired) electrons. The molecule has 0 saturated carbocycles. The maximum Gasteiger partial charge on any atom is 0.309 e. The first-order valence-corrected chi connectivity index (χ1v) is 12.2. The maximum absolute atomic E-state index is 12.5. The molecule has 38 heavy (non-hydrogen) atoms. The smallest absolute Gasteiger partial charge is 0.309 e. The molecule has 0 unspecified atom stereocenters. The van der Waals surface area contributed by atoms with Crippen LogP contribution in [0.15, 0.2) is 72.8 Å². The molecule has 0 heterocycles. The number of ether oxygens (including phenoxy) is 2. The van der Waals surface area contributed by atoms with Gasteiger partial charge in [0.05, 0.1) is 32.1 Å². The molecule has 2 aromatic carbocycles. The predicted octanol–water partition coefficient (Wildman–Crippen LogP) is 2.65. The lowest BCUT2D eigenvalue weighted by Gasteiger charge is -2.23. The van der Waals surface area contributed by atoms with Crippen molar-refractivity contribution >= 4 is 35.9 Å². The summed E-state index contributed by atoms with van der Waals surface area (Å²) in [6, 6.07) is 18.6. The minimum atomic E-state index is -1.66. The molecule has 0 saturated heterocycles. The quantitative estimate of drug-likeness (QED) is 0.257. The zero-order valence-corrected chi connectivity index (χ0v) is 21.6. The lowest BCUT2D eigenvalue weighted by atomic mass is 9.98. The monoisotopic (exact) mass is 522 g/mol. The summed E-state index contributed by atoms with van der Waals surface area (Å²) in [5, 5.41) is 15.8. The summed E-state index contributed by atoms with van der Waals surface area (Å²) in [6.07, 6.45) is 4.68. The molecular formula is C29H34N2O7. The van der Waals surface area contributed by atoms with Gasteiger partial charge in [-0.1, -0.05) is 60.7 Å². The van der Waals surface area contributed by atoms with E-state index in [0.717, 1.165) is 11.1 Å². The van der Waals surface area contributed by atoms with Crippen molar-refractivity contribution < 1.29 is 33.8 Å². The van der Waals surface area contributed by atoms with Crippen molar-refractivity contribution in [2.75, 3.05) is 20.2 Å². The summed E-state index contributed by atoms with van der Waals surface area (Å²) in [4.78, 5) is 48.4. The molecule has 0 spiro atoms. The van der Waals surface area contributed by atoms with Crippen LogP contribution >= 0.6 is 0 Å². The van der Waals surface area contributed by atoms with Crippen molar-refractivity contribution in [2.45, 2.75) is 37.9 Å². The van der Waals surface area contributed by atoms with Crippen LogP contribution in [-0.2, 0) is 28.7 Å². The van der Waals surface area contributed by atoms with E-state index in [-0.39, 0.29) is 37.7 Å². The van der Waals surface area contributed by atoms with Crippen molar-refractivity contribution in [1.29, 1.82) is 0 Å². The number of rotatable bonds is 14. The van der Waals surface area contributed by atoms with Crippen molar-refractivity contribution in [3.05, 3.63) is 83.9 Å². The number of benzene rings is 2. The number of esters is 2. The molecular weight excluding hydrogens is 488 g/mol. The molecule has 3 N–H and O–H groups in total. The van der Waals surface area contributed by atoms with E-state index >= 15 is 0 Å². The van der Waals surface area contributed by atoms with E-state index in [1.54, 1.807) is 12.2 Å². The minimum Gasteiger partial charge on any atom is -0.469 e. The molecule has 9 nitrogen and oxygen atoms in total. The molecule has 0 aliphatic carbocycles. The first-order chi connectivity index (χ1) is 18.2. The highest BCUT2D eigenvalue weighted by molar-refractivity contribution is 5.92. The molecule has 9 heteroatoms. The van der Waals surface area contributed by atoms with Gasteiger partial charge in [0.25, 0.3) is 0 Å². The van der Waals surface area contributed by atoms with Gasteiger partial charge in [0, 0.05) is 25.1 Å². The largest absolute Gasteiger partial charge is 0.469 e. The third-order valence-electron chi connectivity index (χ3n) is 5.30. The second-order valence-electron chi connectivity index (χ2n) is 8.85. The Morgan fingerprint density at radius 1 is 0.842 bits per heavy atom. The van der Waals surface area contributed by atoms with Crippen LogP contribution in [0.1, 0.15) is 37.3 Å². The first-order valence-electron chi connectivity index (χ1n) is 12.2. The highest BCUT2D eigenvalue weighted by Crippen LogP contribution is 2.17. The van der Waals surface area contributed by atoms with E-state index in [9.17, 15) is 24.3 Å². The molecule has 2 rings (SSSR count). The standard InChI is InChI=1S/C29H34N2O7/c1-29(36,19-27(34)37-2)20-28(35)38-24(21-31-26(33)16-14-23-11-7-4-8-12-23)17-18-30-25(32)15-13-22-9-5-3-6-10-22/h3-16,24,36H,17-21H2,1-2H3,(H,30,32)(H,31,33)/b15-13+,16-14+/t24-,29+/m1/s1. The van der Waals surface area contributed by atoms with E-state index in [4.69, 9.17) is 4.74 Å². The van der Waals surface area contributed by atoms with Gasteiger partial charge in [0.1, 0.15) is 6.10 Å². The maximum atomic E-state index is 12.5. The Hall–Kier alpha value is -4.24. The summed E-state index contributed by atoms with van der Waals surface area (Å²) < 4.78 is 10.0. The van der Waals surface area contributed by atoms with Gasteiger partial charge in [-0.3, -0.25) is 19.2 Å². The Morgan fingerprint density at radius 3 is 1.87 bits per heavy atom. The average molecular weight is 523 g/mol. The lowest BCUT2D eigenvalue weighted by molar-refractivity contribution is -0.157. The van der Waals surface area contributed by atoms with E-state index < -0.39 is 30.1 Å². The number of carbonyl (C=O) groups is 4. The van der Waals surface area contributed by atoms with Crippen molar-refractivity contribution in [3.63, 3.8) is 0 Å². The van der Waals surface area contributed by atoms with E-state index in [2.05, 4.69) is 15.4 Å². The number of methoxy groups -OCH3 is 1. The molecule has 2 atom stereocenters. The van der Waals surface area contributed by atoms with Gasteiger partial charge in [-0.15, -0.1) is 0 Å². The van der Waals surface area contributed by atoms with Crippen LogP contribution in [0.4, 0.5) is 0 Å². The van der Waals surface area contributed by atoms with Crippen LogP contribution in [0.3, 0.4) is 0 Å². The summed E-state index contributed by atoms with van der Waals surface area (Å²) in [5.41, 5.74) is 0.0665. The fourth-order valence-electron chi connectivity index (χ4n) is 3.35. The minimum absolute atomic E-state index is 0.0153. The highest BCUT2D eigenvalue weighted by atomic mass is 16.5. The van der Waals surface area contributed by atoms with E-state index in [0.29, 0.717) is 0 Å². The fourth-order valence-corrected chi connectivity index (χ4v) is 3.35. The second kappa shape index (κ2) is 15.8. The summed E-state index contributed by atoms with van der Waals surface area (Å²) in [7, 11) is 1.19. The number of hydrogen-bond acceptors (Lipinski definition) is 7. The number of nitrogens with one attached hydrogen (secondary N) is 2. The van der Waals surface area contributed by atoms with Gasteiger partial charge < -0.3 is 25.2 Å². The predicted molar refractivity (Wildman–Crippen MR) is 143 cm³/mol. The van der Waals surface area contributed by atoms with Crippen LogP contribution < -0.4 is 10.6 Å². The Bertz CT molecular complexity index is 1110. The first kappa shape index (κ1) is 30.0. The Morgan fingerprint density at radius 2 is 1.34 bits per heavy atom. The fraction of sp³-hybridized carbons (Fsp3) is 0.310. The van der Waals surface area contributed by atoms with Crippen molar-refractivity contribution in [3.8, 4) is 0 Å².